The van der Waals surface area contributed by atoms with Crippen LogP contribution in [0.5, 0.6) is 0 Å². The predicted molar refractivity (Wildman–Crippen MR) is 51.8 cm³/mol. The van der Waals surface area contributed by atoms with Gasteiger partial charge in [-0.3, -0.25) is 0 Å². The number of aromatic nitrogens is 2. The van der Waals surface area contributed by atoms with E-state index in [1.54, 1.807) is 6.07 Å². The quantitative estimate of drug-likeness (QED) is 0.694. The maximum absolute atomic E-state index is 5.86. The second-order valence-electron chi connectivity index (χ2n) is 2.22. The summed E-state index contributed by atoms with van der Waals surface area (Å²) < 4.78 is 7.96. The van der Waals surface area contributed by atoms with Gasteiger partial charge in [-0.15, -0.1) is 0 Å². The summed E-state index contributed by atoms with van der Waals surface area (Å²) >= 11 is 12.7. The molecule has 0 unspecified atom stereocenters. The molecule has 0 atom stereocenters. The van der Waals surface area contributed by atoms with Crippen LogP contribution in [0.15, 0.2) is 6.07 Å². The molecule has 6 heteroatoms. The lowest BCUT2D eigenvalue weighted by molar-refractivity contribution is 1.63. The fourth-order valence-electron chi connectivity index (χ4n) is 0.903. The highest BCUT2D eigenvalue weighted by atomic mass is 35.5. The van der Waals surface area contributed by atoms with E-state index in [-0.39, 0.29) is 0 Å². The number of benzene rings is 1. The van der Waals surface area contributed by atoms with E-state index in [2.05, 4.69) is 8.75 Å². The largest absolute Gasteiger partial charge is 0.397 e. The first kappa shape index (κ1) is 8.04. The normalized spacial score (nSPS) is 10.8. The number of anilines is 1. The Bertz CT molecular complexity index is 440. The SMILES string of the molecule is Nc1cc(Cl)c(Cl)c2nsnc12. The molecule has 0 aliphatic carbocycles. The molecular formula is C6H3Cl2N3S. The number of fused-ring (bicyclic) bond motifs is 1. The van der Waals surface area contributed by atoms with Crippen molar-refractivity contribution in [2.45, 2.75) is 0 Å². The van der Waals surface area contributed by atoms with E-state index < -0.39 is 0 Å². The van der Waals surface area contributed by atoms with E-state index in [1.807, 2.05) is 0 Å². The lowest BCUT2D eigenvalue weighted by Crippen LogP contribution is -1.87. The first-order valence-corrected chi connectivity index (χ1v) is 4.54. The van der Waals surface area contributed by atoms with Crippen molar-refractivity contribution in [1.82, 2.24) is 8.75 Å². The van der Waals surface area contributed by atoms with Crippen LogP contribution in [0.1, 0.15) is 0 Å². The predicted octanol–water partition coefficient (Wildman–Crippen LogP) is 2.58. The zero-order valence-corrected chi connectivity index (χ0v) is 8.04. The number of hydrogen-bond acceptors (Lipinski definition) is 4. The van der Waals surface area contributed by atoms with Gasteiger partial charge in [0.2, 0.25) is 0 Å². The third-order valence-corrected chi connectivity index (χ3v) is 2.77. The van der Waals surface area contributed by atoms with E-state index in [9.17, 15) is 0 Å². The van der Waals surface area contributed by atoms with E-state index in [1.165, 1.54) is 0 Å². The third-order valence-electron chi connectivity index (χ3n) is 1.46. The molecular weight excluding hydrogens is 217 g/mol. The van der Waals surface area contributed by atoms with Crippen LogP contribution in [0.25, 0.3) is 11.0 Å². The molecule has 1 heterocycles. The molecule has 0 spiro atoms. The zero-order valence-electron chi connectivity index (χ0n) is 5.71. The van der Waals surface area contributed by atoms with Crippen molar-refractivity contribution in [2.75, 3.05) is 5.73 Å². The molecule has 2 N–H and O–H groups in total. The fourth-order valence-corrected chi connectivity index (χ4v) is 1.92. The van der Waals surface area contributed by atoms with Crippen molar-refractivity contribution < 1.29 is 0 Å². The van der Waals surface area contributed by atoms with Crippen LogP contribution < -0.4 is 5.73 Å². The van der Waals surface area contributed by atoms with Crippen molar-refractivity contribution >= 4 is 51.7 Å². The summed E-state index contributed by atoms with van der Waals surface area (Å²) in [6, 6.07) is 1.58. The number of rotatable bonds is 0. The number of halogens is 2. The molecule has 0 aliphatic rings. The minimum absolute atomic E-state index is 0.411. The van der Waals surface area contributed by atoms with Gasteiger partial charge in [-0.05, 0) is 6.07 Å². The summed E-state index contributed by atoms with van der Waals surface area (Å²) in [5.41, 5.74) is 7.33. The number of nitrogens with two attached hydrogens (primary N) is 1. The molecule has 62 valence electrons. The van der Waals surface area contributed by atoms with Crippen LogP contribution in [-0.4, -0.2) is 8.75 Å². The molecule has 2 aromatic rings. The van der Waals surface area contributed by atoms with E-state index in [0.717, 1.165) is 11.7 Å². The summed E-state index contributed by atoms with van der Waals surface area (Å²) in [6.45, 7) is 0. The van der Waals surface area contributed by atoms with Gasteiger partial charge in [0.05, 0.1) is 27.5 Å². The van der Waals surface area contributed by atoms with Gasteiger partial charge in [0, 0.05) is 0 Å². The summed E-state index contributed by atoms with van der Waals surface area (Å²) in [5.74, 6) is 0. The Morgan fingerprint density at radius 2 is 1.92 bits per heavy atom. The van der Waals surface area contributed by atoms with Crippen molar-refractivity contribution in [3.05, 3.63) is 16.1 Å². The molecule has 1 aromatic carbocycles. The summed E-state index contributed by atoms with van der Waals surface area (Å²) in [6.07, 6.45) is 0. The van der Waals surface area contributed by atoms with Crippen LogP contribution in [0.2, 0.25) is 10.0 Å². The second-order valence-corrected chi connectivity index (χ2v) is 3.54. The molecule has 3 nitrogen and oxygen atoms in total. The summed E-state index contributed by atoms with van der Waals surface area (Å²) in [5, 5.41) is 0.823. The van der Waals surface area contributed by atoms with Gasteiger partial charge in [-0.2, -0.15) is 8.75 Å². The van der Waals surface area contributed by atoms with Crippen molar-refractivity contribution in [1.29, 1.82) is 0 Å². The third kappa shape index (κ3) is 1.03. The lowest BCUT2D eigenvalue weighted by Gasteiger charge is -1.97. The van der Waals surface area contributed by atoms with Gasteiger partial charge in [0.15, 0.2) is 0 Å². The summed E-state index contributed by atoms with van der Waals surface area (Å²) in [7, 11) is 0. The Balaban J connectivity index is 2.97. The van der Waals surface area contributed by atoms with Crippen LogP contribution >= 0.6 is 34.9 Å². The number of nitrogen functional groups attached to an aromatic ring is 1. The Hall–Kier alpha value is -0.580. The van der Waals surface area contributed by atoms with Crippen LogP contribution in [-0.2, 0) is 0 Å². The zero-order chi connectivity index (χ0) is 8.72. The smallest absolute Gasteiger partial charge is 0.129 e. The van der Waals surface area contributed by atoms with Gasteiger partial charge in [0.25, 0.3) is 0 Å². The van der Waals surface area contributed by atoms with Crippen LogP contribution in [0.4, 0.5) is 5.69 Å². The highest BCUT2D eigenvalue weighted by Gasteiger charge is 2.10. The maximum atomic E-state index is 5.86. The molecule has 12 heavy (non-hydrogen) atoms. The Labute approximate surface area is 82.4 Å². The van der Waals surface area contributed by atoms with E-state index in [0.29, 0.717) is 26.8 Å². The highest BCUT2D eigenvalue weighted by molar-refractivity contribution is 7.00. The fraction of sp³-hybridized carbons (Fsp3) is 0. The molecule has 0 saturated heterocycles. The molecule has 0 bridgehead atoms. The first-order valence-electron chi connectivity index (χ1n) is 3.06. The molecule has 0 fully saturated rings. The lowest BCUT2D eigenvalue weighted by atomic mass is 10.3. The Kier molecular flexibility index (Phi) is 1.83. The van der Waals surface area contributed by atoms with Gasteiger partial charge in [0.1, 0.15) is 11.0 Å². The van der Waals surface area contributed by atoms with E-state index in [4.69, 9.17) is 28.9 Å². The topological polar surface area (TPSA) is 51.8 Å². The van der Waals surface area contributed by atoms with Crippen molar-refractivity contribution in [2.24, 2.45) is 0 Å². The van der Waals surface area contributed by atoms with Gasteiger partial charge < -0.3 is 5.73 Å². The highest BCUT2D eigenvalue weighted by Crippen LogP contribution is 2.33. The molecule has 0 amide bonds. The van der Waals surface area contributed by atoms with Gasteiger partial charge >= 0.3 is 0 Å². The molecule has 0 aliphatic heterocycles. The maximum Gasteiger partial charge on any atom is 0.129 e. The molecule has 0 saturated carbocycles. The minimum Gasteiger partial charge on any atom is -0.397 e. The Morgan fingerprint density at radius 3 is 2.67 bits per heavy atom. The molecule has 2 rings (SSSR count). The Morgan fingerprint density at radius 1 is 1.25 bits per heavy atom. The van der Waals surface area contributed by atoms with Crippen LogP contribution in [0.3, 0.4) is 0 Å². The van der Waals surface area contributed by atoms with Crippen molar-refractivity contribution in [3.8, 4) is 0 Å². The van der Waals surface area contributed by atoms with E-state index >= 15 is 0 Å². The van der Waals surface area contributed by atoms with Crippen LogP contribution in [0, 0.1) is 0 Å². The average molecular weight is 220 g/mol. The number of hydrogen-bond donors (Lipinski definition) is 1. The second kappa shape index (κ2) is 2.73. The standard InChI is InChI=1S/C6H3Cl2N3S/c7-2-1-3(9)5-6(4(2)8)11-12-10-5/h1H,9H2. The molecule has 0 radical (unpaired) electrons. The molecule has 1 aromatic heterocycles. The summed E-state index contributed by atoms with van der Waals surface area (Å²) in [4.78, 5) is 0. The average Bonchev–Trinajstić information content (AvgIpc) is 2.48. The van der Waals surface area contributed by atoms with Gasteiger partial charge in [-0.1, -0.05) is 23.2 Å². The first-order chi connectivity index (χ1) is 5.70. The van der Waals surface area contributed by atoms with Gasteiger partial charge in [-0.25, -0.2) is 0 Å². The minimum atomic E-state index is 0.411. The van der Waals surface area contributed by atoms with Crippen molar-refractivity contribution in [3.63, 3.8) is 0 Å². The number of nitrogens with zero attached hydrogens (tertiary/aromatic N) is 2. The monoisotopic (exact) mass is 219 g/mol.